The number of carbonyl (C=O) groups excluding carboxylic acids is 1. The van der Waals surface area contributed by atoms with Crippen LogP contribution in [0.1, 0.15) is 46.0 Å². The molecule has 1 aliphatic heterocycles. The summed E-state index contributed by atoms with van der Waals surface area (Å²) in [6, 6.07) is 0. The van der Waals surface area contributed by atoms with Gasteiger partial charge in [0.15, 0.2) is 0 Å². The van der Waals surface area contributed by atoms with Crippen LogP contribution in [0.2, 0.25) is 0 Å². The maximum Gasteiger partial charge on any atom is 0.233 e. The standard InChI is InChI=1S/C14H26N2OS2/c1-3-6-14(7-4-2,12(15)18)13(17)16-9-11-5-8-19-10-11/h11H,3-10H2,1-2H3,(H2,15,18)(H,16,17). The molecule has 3 nitrogen and oxygen atoms in total. The Balaban J connectivity index is 2.66. The summed E-state index contributed by atoms with van der Waals surface area (Å²) in [5.41, 5.74) is 5.26. The van der Waals surface area contributed by atoms with Crippen LogP contribution in [0.4, 0.5) is 0 Å². The molecular weight excluding hydrogens is 276 g/mol. The fourth-order valence-electron chi connectivity index (χ4n) is 2.71. The molecule has 1 saturated heterocycles. The fraction of sp³-hybridized carbons (Fsp3) is 0.857. The zero-order valence-corrected chi connectivity index (χ0v) is 13.7. The molecule has 1 fully saturated rings. The predicted octanol–water partition coefficient (Wildman–Crippen LogP) is 2.73. The van der Waals surface area contributed by atoms with Crippen LogP contribution in [0.15, 0.2) is 0 Å². The van der Waals surface area contributed by atoms with Gasteiger partial charge >= 0.3 is 0 Å². The van der Waals surface area contributed by atoms with Crippen LogP contribution in [0.5, 0.6) is 0 Å². The Bertz CT molecular complexity index is 309. The van der Waals surface area contributed by atoms with E-state index < -0.39 is 5.41 Å². The molecule has 0 radical (unpaired) electrons. The van der Waals surface area contributed by atoms with Gasteiger partial charge in [0.25, 0.3) is 0 Å². The minimum absolute atomic E-state index is 0.0422. The monoisotopic (exact) mass is 302 g/mol. The summed E-state index contributed by atoms with van der Waals surface area (Å²) in [5, 5.41) is 3.10. The molecule has 1 rings (SSSR count). The molecule has 1 heterocycles. The first-order valence-corrected chi connectivity index (χ1v) is 8.79. The molecule has 3 N–H and O–H groups in total. The highest BCUT2D eigenvalue weighted by atomic mass is 32.2. The second-order valence-corrected chi connectivity index (χ2v) is 6.98. The molecule has 0 saturated carbocycles. The summed E-state index contributed by atoms with van der Waals surface area (Å²) in [7, 11) is 0. The van der Waals surface area contributed by atoms with E-state index >= 15 is 0 Å². The van der Waals surface area contributed by atoms with E-state index in [0.29, 0.717) is 10.9 Å². The first-order chi connectivity index (χ1) is 9.06. The number of amides is 1. The fourth-order valence-corrected chi connectivity index (χ4v) is 4.30. The quantitative estimate of drug-likeness (QED) is 0.677. The maximum atomic E-state index is 12.6. The topological polar surface area (TPSA) is 55.1 Å². The molecule has 19 heavy (non-hydrogen) atoms. The summed E-state index contributed by atoms with van der Waals surface area (Å²) < 4.78 is 0. The van der Waals surface area contributed by atoms with Crippen molar-refractivity contribution in [1.82, 2.24) is 5.32 Å². The van der Waals surface area contributed by atoms with E-state index in [0.717, 1.165) is 38.0 Å². The van der Waals surface area contributed by atoms with E-state index in [1.165, 1.54) is 12.2 Å². The Morgan fingerprint density at radius 1 is 1.42 bits per heavy atom. The van der Waals surface area contributed by atoms with Crippen LogP contribution < -0.4 is 11.1 Å². The zero-order valence-electron chi connectivity index (χ0n) is 12.0. The molecule has 1 atom stereocenters. The number of carbonyl (C=O) groups is 1. The second kappa shape index (κ2) is 8.10. The average Bonchev–Trinajstić information content (AvgIpc) is 2.88. The third-order valence-corrected chi connectivity index (χ3v) is 5.46. The summed E-state index contributed by atoms with van der Waals surface area (Å²) in [6.45, 7) is 4.91. The smallest absolute Gasteiger partial charge is 0.233 e. The van der Waals surface area contributed by atoms with Gasteiger partial charge in [-0.25, -0.2) is 0 Å². The zero-order chi connectivity index (χ0) is 14.3. The summed E-state index contributed by atoms with van der Waals surface area (Å²) in [4.78, 5) is 12.9. The number of nitrogens with one attached hydrogen (secondary N) is 1. The van der Waals surface area contributed by atoms with Crippen molar-refractivity contribution in [1.29, 1.82) is 0 Å². The average molecular weight is 303 g/mol. The number of hydrogen-bond acceptors (Lipinski definition) is 3. The van der Waals surface area contributed by atoms with Gasteiger partial charge in [0.2, 0.25) is 5.91 Å². The van der Waals surface area contributed by atoms with Crippen molar-refractivity contribution < 1.29 is 4.79 Å². The highest BCUT2D eigenvalue weighted by Crippen LogP contribution is 2.31. The lowest BCUT2D eigenvalue weighted by atomic mass is 9.78. The van der Waals surface area contributed by atoms with Gasteiger partial charge < -0.3 is 11.1 Å². The van der Waals surface area contributed by atoms with Crippen molar-refractivity contribution >= 4 is 34.9 Å². The Kier molecular flexibility index (Phi) is 7.15. The number of thiocarbonyl (C=S) groups is 1. The van der Waals surface area contributed by atoms with E-state index in [-0.39, 0.29) is 5.91 Å². The van der Waals surface area contributed by atoms with Crippen LogP contribution in [-0.4, -0.2) is 28.9 Å². The summed E-state index contributed by atoms with van der Waals surface area (Å²) in [5.74, 6) is 3.02. The van der Waals surface area contributed by atoms with Crippen LogP contribution >= 0.6 is 24.0 Å². The van der Waals surface area contributed by atoms with E-state index in [9.17, 15) is 4.79 Å². The number of rotatable bonds is 8. The molecule has 5 heteroatoms. The SMILES string of the molecule is CCCC(CCC)(C(=O)NCC1CCSC1)C(N)=S. The molecule has 1 aliphatic rings. The van der Waals surface area contributed by atoms with Gasteiger partial charge in [-0.1, -0.05) is 38.9 Å². The van der Waals surface area contributed by atoms with Gasteiger partial charge in [-0.05, 0) is 36.7 Å². The first-order valence-electron chi connectivity index (χ1n) is 7.22. The molecule has 0 aromatic carbocycles. The van der Waals surface area contributed by atoms with Crippen molar-refractivity contribution in [2.45, 2.75) is 46.0 Å². The number of thioether (sulfide) groups is 1. The Hall–Kier alpha value is -0.290. The van der Waals surface area contributed by atoms with E-state index in [1.807, 2.05) is 11.8 Å². The van der Waals surface area contributed by atoms with Crippen molar-refractivity contribution in [3.63, 3.8) is 0 Å². The van der Waals surface area contributed by atoms with Crippen molar-refractivity contribution in [2.24, 2.45) is 17.1 Å². The van der Waals surface area contributed by atoms with E-state index in [4.69, 9.17) is 18.0 Å². The van der Waals surface area contributed by atoms with Gasteiger partial charge in [0, 0.05) is 6.54 Å². The summed E-state index contributed by atoms with van der Waals surface area (Å²) >= 11 is 7.16. The van der Waals surface area contributed by atoms with E-state index in [2.05, 4.69) is 19.2 Å². The van der Waals surface area contributed by atoms with Gasteiger partial charge in [-0.2, -0.15) is 11.8 Å². The third kappa shape index (κ3) is 4.35. The van der Waals surface area contributed by atoms with Crippen LogP contribution in [0.25, 0.3) is 0 Å². The molecule has 0 bridgehead atoms. The van der Waals surface area contributed by atoms with Crippen molar-refractivity contribution in [2.75, 3.05) is 18.1 Å². The number of hydrogen-bond donors (Lipinski definition) is 2. The van der Waals surface area contributed by atoms with Crippen LogP contribution in [0.3, 0.4) is 0 Å². The van der Waals surface area contributed by atoms with Crippen LogP contribution in [0, 0.1) is 11.3 Å². The van der Waals surface area contributed by atoms with E-state index in [1.54, 1.807) is 0 Å². The van der Waals surface area contributed by atoms with Gasteiger partial charge in [-0.15, -0.1) is 0 Å². The highest BCUT2D eigenvalue weighted by Gasteiger charge is 2.39. The van der Waals surface area contributed by atoms with Gasteiger partial charge in [0.05, 0.1) is 10.4 Å². The Morgan fingerprint density at radius 3 is 2.47 bits per heavy atom. The molecule has 0 aromatic rings. The largest absolute Gasteiger partial charge is 0.392 e. The Morgan fingerprint density at radius 2 is 2.05 bits per heavy atom. The van der Waals surface area contributed by atoms with Gasteiger partial charge in [-0.3, -0.25) is 4.79 Å². The lowest BCUT2D eigenvalue weighted by Gasteiger charge is -2.31. The highest BCUT2D eigenvalue weighted by molar-refractivity contribution is 7.99. The first kappa shape index (κ1) is 16.8. The van der Waals surface area contributed by atoms with Crippen molar-refractivity contribution in [3.05, 3.63) is 0 Å². The molecule has 0 aliphatic carbocycles. The molecule has 0 spiro atoms. The molecule has 1 unspecified atom stereocenters. The van der Waals surface area contributed by atoms with Crippen LogP contribution in [-0.2, 0) is 4.79 Å². The third-order valence-electron chi connectivity index (χ3n) is 3.84. The normalized spacial score (nSPS) is 19.4. The van der Waals surface area contributed by atoms with Gasteiger partial charge in [0.1, 0.15) is 0 Å². The lowest BCUT2D eigenvalue weighted by Crippen LogP contribution is -2.49. The predicted molar refractivity (Wildman–Crippen MR) is 87.5 cm³/mol. The molecule has 1 amide bonds. The number of nitrogens with two attached hydrogens (primary N) is 1. The minimum Gasteiger partial charge on any atom is -0.392 e. The molecular formula is C14H26N2OS2. The summed E-state index contributed by atoms with van der Waals surface area (Å²) in [6.07, 6.45) is 4.55. The maximum absolute atomic E-state index is 12.6. The minimum atomic E-state index is -0.634. The van der Waals surface area contributed by atoms with Crippen molar-refractivity contribution in [3.8, 4) is 0 Å². The molecule has 110 valence electrons. The lowest BCUT2D eigenvalue weighted by molar-refractivity contribution is -0.128. The molecule has 0 aromatic heterocycles. The second-order valence-electron chi connectivity index (χ2n) is 5.39. The Labute approximate surface area is 126 Å².